The first-order chi connectivity index (χ1) is 10.8. The van der Waals surface area contributed by atoms with Gasteiger partial charge in [0.05, 0.1) is 6.04 Å². The van der Waals surface area contributed by atoms with Gasteiger partial charge < -0.3 is 10.6 Å². The molecule has 1 unspecified atom stereocenters. The van der Waals surface area contributed by atoms with Gasteiger partial charge in [-0.2, -0.15) is 11.1 Å². The Morgan fingerprint density at radius 2 is 1.50 bits per heavy atom. The van der Waals surface area contributed by atoms with Crippen molar-refractivity contribution in [2.75, 3.05) is 5.32 Å². The van der Waals surface area contributed by atoms with Crippen molar-refractivity contribution in [2.24, 2.45) is 0 Å². The Balaban J connectivity index is 1.71. The minimum Gasteiger partial charge on any atom is -0.328 e. The summed E-state index contributed by atoms with van der Waals surface area (Å²) in [7, 11) is 0. The highest BCUT2D eigenvalue weighted by molar-refractivity contribution is 5.89. The molecule has 0 bridgehead atoms. The van der Waals surface area contributed by atoms with Gasteiger partial charge in [0.2, 0.25) is 0 Å². The first-order valence-electron chi connectivity index (χ1n) is 7.01. The molecule has 2 aromatic rings. The van der Waals surface area contributed by atoms with E-state index in [4.69, 9.17) is 0 Å². The Morgan fingerprint density at radius 3 is 2.14 bits per heavy atom. The maximum atomic E-state index is 12.2. The molecule has 1 aliphatic heterocycles. The highest BCUT2D eigenvalue weighted by Gasteiger charge is 2.27. The van der Waals surface area contributed by atoms with Crippen molar-refractivity contribution < 1.29 is 4.79 Å². The lowest BCUT2D eigenvalue weighted by molar-refractivity contribution is 0.243. The number of hydrazine groups is 3. The Morgan fingerprint density at radius 1 is 0.909 bits per heavy atom. The van der Waals surface area contributed by atoms with Crippen molar-refractivity contribution in [2.45, 2.75) is 12.2 Å². The second-order valence-electron chi connectivity index (χ2n) is 4.87. The van der Waals surface area contributed by atoms with Gasteiger partial charge in [0, 0.05) is 5.69 Å². The van der Waals surface area contributed by atoms with E-state index in [1.54, 1.807) is 0 Å². The van der Waals surface area contributed by atoms with Crippen LogP contribution in [0.25, 0.3) is 0 Å². The van der Waals surface area contributed by atoms with Gasteiger partial charge >= 0.3 is 6.03 Å². The fourth-order valence-electron chi connectivity index (χ4n) is 2.28. The molecule has 3 rings (SSSR count). The summed E-state index contributed by atoms with van der Waals surface area (Å²) >= 11 is 0. The normalized spacial score (nSPS) is 16.2. The zero-order valence-corrected chi connectivity index (χ0v) is 11.8. The SMILES string of the molecule is O=C(Nc1ccccc1)NC(c1ccccc1)C1NNNN1. The number of carbonyl (C=O) groups excluding carboxylic acids is 1. The molecule has 114 valence electrons. The second-order valence-corrected chi connectivity index (χ2v) is 4.87. The van der Waals surface area contributed by atoms with E-state index in [2.05, 4.69) is 32.6 Å². The highest BCUT2D eigenvalue weighted by Crippen LogP contribution is 2.16. The smallest absolute Gasteiger partial charge is 0.319 e. The van der Waals surface area contributed by atoms with Crippen LogP contribution in [0.4, 0.5) is 10.5 Å². The number of hydrogen-bond acceptors (Lipinski definition) is 5. The molecular formula is C15H18N6O. The average molecular weight is 298 g/mol. The van der Waals surface area contributed by atoms with E-state index < -0.39 is 0 Å². The molecule has 1 heterocycles. The molecular weight excluding hydrogens is 280 g/mol. The van der Waals surface area contributed by atoms with Crippen LogP contribution < -0.4 is 32.6 Å². The molecule has 0 spiro atoms. The summed E-state index contributed by atoms with van der Waals surface area (Å²) in [5.41, 5.74) is 13.3. The average Bonchev–Trinajstić information content (AvgIpc) is 3.08. The van der Waals surface area contributed by atoms with Crippen LogP contribution in [0.5, 0.6) is 0 Å². The summed E-state index contributed by atoms with van der Waals surface area (Å²) in [5.74, 6) is 0. The lowest BCUT2D eigenvalue weighted by Gasteiger charge is -2.24. The molecule has 2 amide bonds. The Bertz CT molecular complexity index is 600. The van der Waals surface area contributed by atoms with Crippen LogP contribution in [0.2, 0.25) is 0 Å². The lowest BCUT2D eigenvalue weighted by atomic mass is 10.0. The molecule has 1 atom stereocenters. The van der Waals surface area contributed by atoms with Gasteiger partial charge in [-0.05, 0) is 17.7 Å². The Kier molecular flexibility index (Phi) is 4.62. The quantitative estimate of drug-likeness (QED) is 0.507. The molecule has 7 nitrogen and oxygen atoms in total. The molecule has 0 radical (unpaired) electrons. The fraction of sp³-hybridized carbons (Fsp3) is 0.133. The minimum absolute atomic E-state index is 0.191. The molecule has 2 aromatic carbocycles. The molecule has 6 N–H and O–H groups in total. The number of rotatable bonds is 4. The third kappa shape index (κ3) is 3.60. The van der Waals surface area contributed by atoms with Crippen molar-refractivity contribution in [3.8, 4) is 0 Å². The van der Waals surface area contributed by atoms with Gasteiger partial charge in [-0.1, -0.05) is 48.5 Å². The maximum absolute atomic E-state index is 12.2. The van der Waals surface area contributed by atoms with E-state index >= 15 is 0 Å². The van der Waals surface area contributed by atoms with Gasteiger partial charge in [-0.15, -0.1) is 0 Å². The summed E-state index contributed by atoms with van der Waals surface area (Å²) in [6, 6.07) is 18.6. The van der Waals surface area contributed by atoms with Gasteiger partial charge in [-0.25, -0.2) is 15.6 Å². The first kappa shape index (κ1) is 14.5. The van der Waals surface area contributed by atoms with Crippen LogP contribution in [0.3, 0.4) is 0 Å². The van der Waals surface area contributed by atoms with Crippen LogP contribution in [-0.2, 0) is 0 Å². The number of anilines is 1. The van der Waals surface area contributed by atoms with Crippen LogP contribution in [0.1, 0.15) is 11.6 Å². The predicted molar refractivity (Wildman–Crippen MR) is 84.1 cm³/mol. The standard InChI is InChI=1S/C15H18N6O/c22-15(16-12-9-5-2-6-10-12)17-13(14-18-20-21-19-14)11-7-3-1-4-8-11/h1-10,13-14,18-21H,(H2,16,17,22). The predicted octanol–water partition coefficient (Wildman–Crippen LogP) is 0.992. The summed E-state index contributed by atoms with van der Waals surface area (Å²) in [4.78, 5) is 12.2. The largest absolute Gasteiger partial charge is 0.328 e. The molecule has 0 aliphatic carbocycles. The lowest BCUT2D eigenvalue weighted by Crippen LogP contribution is -2.48. The van der Waals surface area contributed by atoms with Crippen molar-refractivity contribution in [1.82, 2.24) is 27.2 Å². The zero-order chi connectivity index (χ0) is 15.2. The molecule has 0 aromatic heterocycles. The second kappa shape index (κ2) is 7.01. The van der Waals surface area contributed by atoms with Gasteiger partial charge in [0.1, 0.15) is 6.17 Å². The van der Waals surface area contributed by atoms with Gasteiger partial charge in [0.25, 0.3) is 0 Å². The minimum atomic E-state index is -0.268. The molecule has 0 saturated carbocycles. The summed E-state index contributed by atoms with van der Waals surface area (Å²) in [6.45, 7) is 0. The van der Waals surface area contributed by atoms with Gasteiger partial charge in [-0.3, -0.25) is 0 Å². The number of para-hydroxylation sites is 1. The van der Waals surface area contributed by atoms with Crippen LogP contribution in [-0.4, -0.2) is 12.2 Å². The fourth-order valence-corrected chi connectivity index (χ4v) is 2.28. The topological polar surface area (TPSA) is 89.2 Å². The number of carbonyl (C=O) groups is 1. The van der Waals surface area contributed by atoms with Gasteiger partial charge in [0.15, 0.2) is 0 Å². The monoisotopic (exact) mass is 298 g/mol. The third-order valence-electron chi connectivity index (χ3n) is 3.33. The van der Waals surface area contributed by atoms with Crippen molar-refractivity contribution in [3.05, 3.63) is 66.2 Å². The molecule has 1 aliphatic rings. The Hall–Kier alpha value is -2.45. The zero-order valence-electron chi connectivity index (χ0n) is 11.8. The summed E-state index contributed by atoms with van der Waals surface area (Å²) < 4.78 is 0. The van der Waals surface area contributed by atoms with Crippen molar-refractivity contribution in [3.63, 3.8) is 0 Å². The van der Waals surface area contributed by atoms with E-state index in [1.165, 1.54) is 0 Å². The van der Waals surface area contributed by atoms with Crippen molar-refractivity contribution in [1.29, 1.82) is 0 Å². The molecule has 22 heavy (non-hydrogen) atoms. The van der Waals surface area contributed by atoms with E-state index in [1.807, 2.05) is 60.7 Å². The number of urea groups is 1. The number of benzene rings is 2. The number of nitrogens with one attached hydrogen (secondary N) is 6. The molecule has 7 heteroatoms. The molecule has 1 fully saturated rings. The number of amides is 2. The molecule has 1 saturated heterocycles. The van der Waals surface area contributed by atoms with Crippen LogP contribution in [0, 0.1) is 0 Å². The first-order valence-corrected chi connectivity index (χ1v) is 7.01. The summed E-state index contributed by atoms with van der Waals surface area (Å²) in [5, 5.41) is 5.79. The maximum Gasteiger partial charge on any atom is 0.319 e. The third-order valence-corrected chi connectivity index (χ3v) is 3.33. The summed E-state index contributed by atoms with van der Waals surface area (Å²) in [6.07, 6.45) is -0.191. The van der Waals surface area contributed by atoms with E-state index in [0.29, 0.717) is 0 Å². The van der Waals surface area contributed by atoms with Crippen molar-refractivity contribution >= 4 is 11.7 Å². The van der Waals surface area contributed by atoms with Crippen LogP contribution in [0.15, 0.2) is 60.7 Å². The van der Waals surface area contributed by atoms with Crippen LogP contribution >= 0.6 is 0 Å². The highest BCUT2D eigenvalue weighted by atomic mass is 16.2. The van der Waals surface area contributed by atoms with E-state index in [-0.39, 0.29) is 18.2 Å². The van der Waals surface area contributed by atoms with E-state index in [0.717, 1.165) is 11.3 Å². The number of hydrogen-bond donors (Lipinski definition) is 6. The van der Waals surface area contributed by atoms with E-state index in [9.17, 15) is 4.79 Å². The Labute approximate surface area is 128 Å².